The van der Waals surface area contributed by atoms with Crippen LogP contribution in [0.4, 0.5) is 0 Å². The van der Waals surface area contributed by atoms with E-state index in [1.54, 1.807) is 43.8 Å². The van der Waals surface area contributed by atoms with E-state index in [9.17, 15) is 9.59 Å². The van der Waals surface area contributed by atoms with Crippen molar-refractivity contribution in [3.05, 3.63) is 65.5 Å². The first-order valence-corrected chi connectivity index (χ1v) is 6.20. The van der Waals surface area contributed by atoms with Gasteiger partial charge in [0, 0.05) is 16.9 Å². The number of carbonyl (C=O) groups excluding carboxylic acids is 2. The van der Waals surface area contributed by atoms with Crippen LogP contribution in [0.5, 0.6) is 0 Å². The Labute approximate surface area is 116 Å². The predicted molar refractivity (Wildman–Crippen MR) is 69.8 cm³/mol. The smallest absolute Gasteiger partial charge is 0.261 e. The molecule has 0 N–H and O–H groups in total. The van der Waals surface area contributed by atoms with Gasteiger partial charge < -0.3 is 0 Å². The largest absolute Gasteiger partial charge is 0.275 e. The van der Waals surface area contributed by atoms with Crippen LogP contribution < -0.4 is 9.57 Å². The third-order valence-corrected chi connectivity index (χ3v) is 3.30. The van der Waals surface area contributed by atoms with Gasteiger partial charge in [0.25, 0.3) is 11.8 Å². The molecule has 2 aromatic rings. The second-order valence-corrected chi connectivity index (χ2v) is 4.49. The summed E-state index contributed by atoms with van der Waals surface area (Å²) in [4.78, 5) is 30.7. The highest BCUT2D eigenvalue weighted by atomic mass is 16.6. The molecule has 0 fully saturated rings. The maximum Gasteiger partial charge on any atom is 0.261 e. The minimum Gasteiger partial charge on any atom is -0.275 e. The van der Waals surface area contributed by atoms with Crippen molar-refractivity contribution in [1.29, 1.82) is 0 Å². The van der Waals surface area contributed by atoms with Gasteiger partial charge in [0.05, 0.1) is 17.7 Å². The number of amides is 2. The molecule has 0 saturated heterocycles. The van der Waals surface area contributed by atoms with Crippen LogP contribution in [0.2, 0.25) is 0 Å². The molecular weight excluding hydrogens is 256 g/mol. The average Bonchev–Trinajstić information content (AvgIpc) is 2.74. The number of pyridine rings is 1. The van der Waals surface area contributed by atoms with E-state index < -0.39 is 0 Å². The highest BCUT2D eigenvalue weighted by Gasteiger charge is 2.34. The van der Waals surface area contributed by atoms with Crippen LogP contribution in [-0.4, -0.2) is 23.8 Å². The van der Waals surface area contributed by atoms with Crippen LogP contribution in [0.15, 0.2) is 48.8 Å². The molecule has 0 spiro atoms. The van der Waals surface area contributed by atoms with Gasteiger partial charge >= 0.3 is 0 Å². The molecule has 5 nitrogen and oxygen atoms in total. The number of hydrogen-bond donors (Lipinski definition) is 0. The molecule has 0 atom stereocenters. The fourth-order valence-electron chi connectivity index (χ4n) is 2.24. The van der Waals surface area contributed by atoms with Crippen LogP contribution in [0, 0.1) is 0 Å². The Hall–Kier alpha value is -2.69. The number of imide groups is 1. The summed E-state index contributed by atoms with van der Waals surface area (Å²) in [5.74, 6) is -0.483. The highest BCUT2D eigenvalue weighted by Crippen LogP contribution is 2.23. The van der Waals surface area contributed by atoms with Gasteiger partial charge in [0.1, 0.15) is 7.11 Å². The number of carbonyl (C=O) groups is 2. The van der Waals surface area contributed by atoms with Crippen molar-refractivity contribution in [2.75, 3.05) is 7.11 Å². The summed E-state index contributed by atoms with van der Waals surface area (Å²) in [5, 5.41) is 0. The van der Waals surface area contributed by atoms with Crippen molar-refractivity contribution in [1.82, 2.24) is 4.90 Å². The van der Waals surface area contributed by atoms with Gasteiger partial charge in [-0.1, -0.05) is 12.1 Å². The first-order chi connectivity index (χ1) is 9.70. The SMILES string of the molecule is CO[n+]1ccc(CN2C(=O)c3ccccc3C2=O)cc1. The standard InChI is InChI=1S/C15H13N2O3/c1-20-16-8-6-11(7-9-16)10-17-14(18)12-4-2-3-5-13(12)15(17)19/h2-9H,10H2,1H3/q+1. The van der Waals surface area contributed by atoms with E-state index in [2.05, 4.69) is 0 Å². The van der Waals surface area contributed by atoms with E-state index in [1.807, 2.05) is 12.1 Å². The molecule has 0 unspecified atom stereocenters. The van der Waals surface area contributed by atoms with Crippen LogP contribution in [0.1, 0.15) is 26.3 Å². The Kier molecular flexibility index (Phi) is 2.95. The molecule has 2 amide bonds. The summed E-state index contributed by atoms with van der Waals surface area (Å²) in [6, 6.07) is 10.5. The summed E-state index contributed by atoms with van der Waals surface area (Å²) in [6.07, 6.45) is 3.46. The molecule has 0 aliphatic carbocycles. The number of rotatable bonds is 3. The van der Waals surface area contributed by atoms with E-state index in [0.717, 1.165) is 5.56 Å². The zero-order chi connectivity index (χ0) is 14.1. The van der Waals surface area contributed by atoms with Gasteiger partial charge in [0.2, 0.25) is 12.4 Å². The fraction of sp³-hybridized carbons (Fsp3) is 0.133. The van der Waals surface area contributed by atoms with E-state index in [4.69, 9.17) is 4.84 Å². The Balaban J connectivity index is 1.85. The molecular formula is C15H13N2O3+. The summed E-state index contributed by atoms with van der Waals surface area (Å²) < 4.78 is 1.53. The Morgan fingerprint density at radius 3 is 2.05 bits per heavy atom. The van der Waals surface area contributed by atoms with E-state index in [1.165, 1.54) is 9.63 Å². The lowest BCUT2D eigenvalue weighted by Crippen LogP contribution is -2.39. The molecule has 3 rings (SSSR count). The average molecular weight is 269 g/mol. The van der Waals surface area contributed by atoms with Crippen molar-refractivity contribution in [3.8, 4) is 0 Å². The van der Waals surface area contributed by atoms with Crippen molar-refractivity contribution < 1.29 is 19.2 Å². The minimum absolute atomic E-state index is 0.242. The Morgan fingerprint density at radius 1 is 1.00 bits per heavy atom. The number of fused-ring (bicyclic) bond motifs is 1. The van der Waals surface area contributed by atoms with Gasteiger partial charge in [-0.15, -0.1) is 0 Å². The second-order valence-electron chi connectivity index (χ2n) is 4.49. The molecule has 0 saturated carbocycles. The minimum atomic E-state index is -0.242. The molecule has 1 aromatic carbocycles. The van der Waals surface area contributed by atoms with Crippen molar-refractivity contribution in [2.24, 2.45) is 0 Å². The number of aromatic nitrogens is 1. The zero-order valence-electron chi connectivity index (χ0n) is 10.9. The van der Waals surface area contributed by atoms with Crippen molar-refractivity contribution >= 4 is 11.8 Å². The van der Waals surface area contributed by atoms with Crippen molar-refractivity contribution in [3.63, 3.8) is 0 Å². The first-order valence-electron chi connectivity index (χ1n) is 6.20. The van der Waals surface area contributed by atoms with Gasteiger partial charge in [0.15, 0.2) is 0 Å². The lowest BCUT2D eigenvalue weighted by Gasteiger charge is -2.12. The molecule has 1 aromatic heterocycles. The normalized spacial score (nSPS) is 13.6. The van der Waals surface area contributed by atoms with Crippen LogP contribution in [0.3, 0.4) is 0 Å². The summed E-state index contributed by atoms with van der Waals surface area (Å²) >= 11 is 0. The predicted octanol–water partition coefficient (Wildman–Crippen LogP) is 0.829. The maximum atomic E-state index is 12.2. The lowest BCUT2D eigenvalue weighted by molar-refractivity contribution is -0.885. The molecule has 1 aliphatic heterocycles. The lowest BCUT2D eigenvalue weighted by atomic mass is 10.1. The molecule has 0 bridgehead atoms. The van der Waals surface area contributed by atoms with Gasteiger partial charge in [-0.2, -0.15) is 0 Å². The third-order valence-electron chi connectivity index (χ3n) is 3.30. The Bertz CT molecular complexity index is 645. The quantitative estimate of drug-likeness (QED) is 0.612. The highest BCUT2D eigenvalue weighted by molar-refractivity contribution is 6.21. The topological polar surface area (TPSA) is 50.5 Å². The summed E-state index contributed by atoms with van der Waals surface area (Å²) in [7, 11) is 1.56. The van der Waals surface area contributed by atoms with E-state index >= 15 is 0 Å². The summed E-state index contributed by atoms with van der Waals surface area (Å²) in [6.45, 7) is 0.261. The van der Waals surface area contributed by atoms with E-state index in [0.29, 0.717) is 11.1 Å². The van der Waals surface area contributed by atoms with Gasteiger partial charge in [-0.3, -0.25) is 19.3 Å². The van der Waals surface area contributed by atoms with Crippen LogP contribution >= 0.6 is 0 Å². The molecule has 1 aliphatic rings. The number of nitrogens with zero attached hydrogens (tertiary/aromatic N) is 2. The molecule has 100 valence electrons. The fourth-order valence-corrected chi connectivity index (χ4v) is 2.24. The van der Waals surface area contributed by atoms with E-state index in [-0.39, 0.29) is 18.4 Å². The number of benzene rings is 1. The van der Waals surface area contributed by atoms with Crippen molar-refractivity contribution in [2.45, 2.75) is 6.54 Å². The van der Waals surface area contributed by atoms with Crippen LogP contribution in [0.25, 0.3) is 0 Å². The molecule has 0 radical (unpaired) electrons. The van der Waals surface area contributed by atoms with Gasteiger partial charge in [-0.05, 0) is 17.7 Å². The molecule has 2 heterocycles. The monoisotopic (exact) mass is 269 g/mol. The van der Waals surface area contributed by atoms with Crippen LogP contribution in [-0.2, 0) is 6.54 Å². The first kappa shape index (κ1) is 12.3. The van der Waals surface area contributed by atoms with Gasteiger partial charge in [-0.25, -0.2) is 0 Å². The molecule has 5 heteroatoms. The molecule has 20 heavy (non-hydrogen) atoms. The second kappa shape index (κ2) is 4.77. The zero-order valence-corrected chi connectivity index (χ0v) is 10.9. The maximum absolute atomic E-state index is 12.2. The number of hydrogen-bond acceptors (Lipinski definition) is 3. The summed E-state index contributed by atoms with van der Waals surface area (Å²) in [5.41, 5.74) is 1.81. The Morgan fingerprint density at radius 2 is 1.55 bits per heavy atom. The third kappa shape index (κ3) is 1.93.